The van der Waals surface area contributed by atoms with Crippen molar-refractivity contribution in [1.29, 1.82) is 0 Å². The number of nitrogens with zero attached hydrogens (tertiary/aromatic N) is 4. The third-order valence-electron chi connectivity index (χ3n) is 5.57. The number of carbonyl (C=O) groups is 3. The number of nitrogens with two attached hydrogens (primary N) is 1. The fraction of sp³-hybridized carbons (Fsp3) is 0.333. The molecule has 0 bridgehead atoms. The number of benzene rings is 1. The van der Waals surface area contributed by atoms with E-state index in [1.54, 1.807) is 36.1 Å². The van der Waals surface area contributed by atoms with Crippen LogP contribution in [0.3, 0.4) is 0 Å². The van der Waals surface area contributed by atoms with Crippen molar-refractivity contribution in [2.45, 2.75) is 38.3 Å². The minimum Gasteiger partial charge on any atom is -0.344 e. The summed E-state index contributed by atoms with van der Waals surface area (Å²) in [5.74, 6) is -0.831. The summed E-state index contributed by atoms with van der Waals surface area (Å²) in [6.45, 7) is 0.763. The van der Waals surface area contributed by atoms with Gasteiger partial charge in [-0.3, -0.25) is 24.4 Å². The number of rotatable bonds is 8. The maximum atomic E-state index is 13.1. The summed E-state index contributed by atoms with van der Waals surface area (Å²) in [6, 6.07) is 6.61. The van der Waals surface area contributed by atoms with Crippen LogP contribution in [-0.4, -0.2) is 56.7 Å². The van der Waals surface area contributed by atoms with E-state index < -0.39 is 6.04 Å². The Labute approximate surface area is 207 Å². The van der Waals surface area contributed by atoms with E-state index in [-0.39, 0.29) is 30.7 Å². The summed E-state index contributed by atoms with van der Waals surface area (Å²) in [6.07, 6.45) is 6.92. The molecule has 1 unspecified atom stereocenters. The molecule has 1 aliphatic rings. The number of amides is 3. The maximum absolute atomic E-state index is 13.1. The SMILES string of the molecule is NCc1cccc(NC(=O)CN2CCCCC(NC(=O)Cc3csc(-c4cnccn4)n3)C2=O)c1. The monoisotopic (exact) mass is 493 g/mol. The number of carbonyl (C=O) groups excluding carboxylic acids is 3. The first-order valence-corrected chi connectivity index (χ1v) is 12.3. The molecule has 0 saturated carbocycles. The molecule has 4 rings (SSSR count). The first-order chi connectivity index (χ1) is 17.0. The molecule has 35 heavy (non-hydrogen) atoms. The average molecular weight is 494 g/mol. The van der Waals surface area contributed by atoms with Crippen LogP contribution in [0.25, 0.3) is 10.7 Å². The van der Waals surface area contributed by atoms with Gasteiger partial charge in [-0.25, -0.2) is 4.98 Å². The first kappa shape index (κ1) is 24.4. The third-order valence-corrected chi connectivity index (χ3v) is 6.49. The maximum Gasteiger partial charge on any atom is 0.245 e. The van der Waals surface area contributed by atoms with Crippen LogP contribution in [0.15, 0.2) is 48.2 Å². The van der Waals surface area contributed by atoms with E-state index in [4.69, 9.17) is 5.73 Å². The van der Waals surface area contributed by atoms with Crippen LogP contribution in [-0.2, 0) is 27.3 Å². The Morgan fingerprint density at radius 3 is 2.89 bits per heavy atom. The molecule has 0 spiro atoms. The summed E-state index contributed by atoms with van der Waals surface area (Å²) in [5, 5.41) is 8.13. The topological polar surface area (TPSA) is 143 Å². The predicted molar refractivity (Wildman–Crippen MR) is 132 cm³/mol. The van der Waals surface area contributed by atoms with Gasteiger partial charge in [0.25, 0.3) is 0 Å². The molecule has 1 saturated heterocycles. The van der Waals surface area contributed by atoms with Crippen molar-refractivity contribution in [2.24, 2.45) is 5.73 Å². The number of hydrogen-bond acceptors (Lipinski definition) is 8. The summed E-state index contributed by atoms with van der Waals surface area (Å²) in [5.41, 5.74) is 8.44. The number of anilines is 1. The van der Waals surface area contributed by atoms with Crippen molar-refractivity contribution in [3.05, 3.63) is 59.5 Å². The normalized spacial score (nSPS) is 16.0. The number of nitrogens with one attached hydrogen (secondary N) is 2. The van der Waals surface area contributed by atoms with E-state index in [2.05, 4.69) is 25.6 Å². The highest BCUT2D eigenvalue weighted by Crippen LogP contribution is 2.21. The van der Waals surface area contributed by atoms with Gasteiger partial charge in [-0.05, 0) is 37.0 Å². The highest BCUT2D eigenvalue weighted by molar-refractivity contribution is 7.13. The Bertz CT molecular complexity index is 1180. The second-order valence-electron chi connectivity index (χ2n) is 8.24. The molecule has 0 radical (unpaired) electrons. The van der Waals surface area contributed by atoms with Gasteiger partial charge < -0.3 is 21.3 Å². The second-order valence-corrected chi connectivity index (χ2v) is 9.10. The van der Waals surface area contributed by atoms with E-state index in [1.165, 1.54) is 16.2 Å². The third kappa shape index (κ3) is 6.67. The summed E-state index contributed by atoms with van der Waals surface area (Å²) in [7, 11) is 0. The van der Waals surface area contributed by atoms with Crippen LogP contribution in [0.2, 0.25) is 0 Å². The van der Waals surface area contributed by atoms with Gasteiger partial charge in [-0.15, -0.1) is 11.3 Å². The second kappa shape index (κ2) is 11.6. The van der Waals surface area contributed by atoms with Crippen molar-refractivity contribution in [1.82, 2.24) is 25.2 Å². The smallest absolute Gasteiger partial charge is 0.245 e. The van der Waals surface area contributed by atoms with Crippen LogP contribution >= 0.6 is 11.3 Å². The highest BCUT2D eigenvalue weighted by Gasteiger charge is 2.29. The van der Waals surface area contributed by atoms with Crippen molar-refractivity contribution in [3.63, 3.8) is 0 Å². The molecule has 2 aromatic heterocycles. The Morgan fingerprint density at radius 1 is 1.20 bits per heavy atom. The van der Waals surface area contributed by atoms with E-state index >= 15 is 0 Å². The average Bonchev–Trinajstić information content (AvgIpc) is 3.26. The summed E-state index contributed by atoms with van der Waals surface area (Å²) in [4.78, 5) is 52.6. The Balaban J connectivity index is 1.33. The zero-order valence-corrected chi connectivity index (χ0v) is 20.0. The molecule has 10 nitrogen and oxygen atoms in total. The molecular formula is C24H27N7O3S. The van der Waals surface area contributed by atoms with Crippen molar-refractivity contribution < 1.29 is 14.4 Å². The largest absolute Gasteiger partial charge is 0.344 e. The van der Waals surface area contributed by atoms with Gasteiger partial charge in [0.2, 0.25) is 17.7 Å². The van der Waals surface area contributed by atoms with E-state index in [0.29, 0.717) is 41.6 Å². The van der Waals surface area contributed by atoms with E-state index in [9.17, 15) is 14.4 Å². The molecule has 1 aliphatic heterocycles. The molecule has 3 amide bonds. The van der Waals surface area contributed by atoms with Crippen LogP contribution < -0.4 is 16.4 Å². The van der Waals surface area contributed by atoms with Gasteiger partial charge in [0, 0.05) is 36.6 Å². The molecule has 4 N–H and O–H groups in total. The zero-order chi connectivity index (χ0) is 24.6. The molecule has 3 heterocycles. The van der Waals surface area contributed by atoms with Gasteiger partial charge in [0.15, 0.2) is 0 Å². The van der Waals surface area contributed by atoms with Crippen molar-refractivity contribution >= 4 is 34.7 Å². The fourth-order valence-electron chi connectivity index (χ4n) is 3.87. The molecule has 1 aromatic carbocycles. The van der Waals surface area contributed by atoms with Gasteiger partial charge in [0.1, 0.15) is 16.7 Å². The standard InChI is InChI=1S/C24H27N7O3S/c25-12-16-4-3-5-17(10-16)28-22(33)14-31-9-2-1-6-19(24(31)34)30-21(32)11-18-15-35-23(29-18)20-13-26-7-8-27-20/h3-5,7-8,10,13,15,19H,1-2,6,9,11-12,14,25H2,(H,28,33)(H,30,32). The lowest BCUT2D eigenvalue weighted by Gasteiger charge is -2.24. The molecule has 11 heteroatoms. The van der Waals surface area contributed by atoms with Crippen molar-refractivity contribution in [3.8, 4) is 10.7 Å². The van der Waals surface area contributed by atoms with Gasteiger partial charge in [-0.1, -0.05) is 12.1 Å². The Hall–Kier alpha value is -3.70. The van der Waals surface area contributed by atoms with E-state index in [1.807, 2.05) is 12.1 Å². The molecule has 3 aromatic rings. The lowest BCUT2D eigenvalue weighted by molar-refractivity contribution is -0.138. The molecule has 0 aliphatic carbocycles. The highest BCUT2D eigenvalue weighted by atomic mass is 32.1. The summed E-state index contributed by atoms with van der Waals surface area (Å²) < 4.78 is 0. The Morgan fingerprint density at radius 2 is 2.09 bits per heavy atom. The van der Waals surface area contributed by atoms with Crippen LogP contribution in [0.1, 0.15) is 30.5 Å². The number of thiazole rings is 1. The lowest BCUT2D eigenvalue weighted by atomic mass is 10.1. The molecule has 1 fully saturated rings. The number of likely N-dealkylation sites (tertiary alicyclic amines) is 1. The number of aromatic nitrogens is 3. The summed E-state index contributed by atoms with van der Waals surface area (Å²) >= 11 is 1.38. The number of hydrogen-bond donors (Lipinski definition) is 3. The zero-order valence-electron chi connectivity index (χ0n) is 19.1. The minimum absolute atomic E-state index is 0.0541. The molecular weight excluding hydrogens is 466 g/mol. The van der Waals surface area contributed by atoms with Crippen LogP contribution in [0.4, 0.5) is 5.69 Å². The minimum atomic E-state index is -0.670. The van der Waals surface area contributed by atoms with E-state index in [0.717, 1.165) is 18.4 Å². The van der Waals surface area contributed by atoms with Gasteiger partial charge in [-0.2, -0.15) is 0 Å². The van der Waals surface area contributed by atoms with Gasteiger partial charge in [0.05, 0.1) is 24.9 Å². The van der Waals surface area contributed by atoms with Gasteiger partial charge >= 0.3 is 0 Å². The molecule has 1 atom stereocenters. The molecule has 182 valence electrons. The van der Waals surface area contributed by atoms with Crippen molar-refractivity contribution in [2.75, 3.05) is 18.4 Å². The Kier molecular flexibility index (Phi) is 8.11. The van der Waals surface area contributed by atoms with Crippen LogP contribution in [0, 0.1) is 0 Å². The first-order valence-electron chi connectivity index (χ1n) is 11.4. The fourth-order valence-corrected chi connectivity index (χ4v) is 4.65. The predicted octanol–water partition coefficient (Wildman–Crippen LogP) is 1.74. The van der Waals surface area contributed by atoms with Crippen LogP contribution in [0.5, 0.6) is 0 Å². The quantitative estimate of drug-likeness (QED) is 0.434. The lowest BCUT2D eigenvalue weighted by Crippen LogP contribution is -2.49.